The molecule has 0 atom stereocenters. The summed E-state index contributed by atoms with van der Waals surface area (Å²) in [5.41, 5.74) is 27.4. The highest BCUT2D eigenvalue weighted by Gasteiger charge is 2.13. The molecule has 2 rings (SSSR count). The first-order chi connectivity index (χ1) is 8.82. The van der Waals surface area contributed by atoms with Crippen molar-refractivity contribution in [1.82, 2.24) is 0 Å². The molecule has 0 spiro atoms. The van der Waals surface area contributed by atoms with Crippen LogP contribution in [0.25, 0.3) is 11.1 Å². The first-order valence-electron chi connectivity index (χ1n) is 5.83. The summed E-state index contributed by atoms with van der Waals surface area (Å²) < 4.78 is 13.7. The van der Waals surface area contributed by atoms with Crippen LogP contribution in [0.15, 0.2) is 18.2 Å². The van der Waals surface area contributed by atoms with Crippen molar-refractivity contribution in [1.29, 1.82) is 0 Å². The molecule has 0 aliphatic carbocycles. The summed E-state index contributed by atoms with van der Waals surface area (Å²) in [6, 6.07) is 4.78. The van der Waals surface area contributed by atoms with Crippen molar-refractivity contribution in [3.8, 4) is 11.1 Å². The van der Waals surface area contributed by atoms with E-state index in [4.69, 9.17) is 22.9 Å². The standard InChI is InChI=1S/C14H17FN4/c1-6-3-8(4-10(15)12(6)17)9-5-11(16)14(19)7(2)13(9)18/h3-5H,16-19H2,1-2H3. The molecule has 19 heavy (non-hydrogen) atoms. The average Bonchev–Trinajstić information content (AvgIpc) is 2.37. The molecule has 0 aliphatic rings. The number of hydrogen-bond donors (Lipinski definition) is 4. The minimum Gasteiger partial charge on any atom is -0.398 e. The predicted molar refractivity (Wildman–Crippen MR) is 79.0 cm³/mol. The average molecular weight is 260 g/mol. The summed E-state index contributed by atoms with van der Waals surface area (Å²) in [4.78, 5) is 0. The number of nitrogen functional groups attached to an aromatic ring is 4. The Morgan fingerprint density at radius 1 is 0.842 bits per heavy atom. The van der Waals surface area contributed by atoms with Crippen LogP contribution in [-0.2, 0) is 0 Å². The van der Waals surface area contributed by atoms with Gasteiger partial charge in [-0.05, 0) is 48.7 Å². The second-order valence-electron chi connectivity index (χ2n) is 4.65. The SMILES string of the molecule is Cc1cc(-c2cc(N)c(N)c(C)c2N)cc(F)c1N. The van der Waals surface area contributed by atoms with E-state index in [0.29, 0.717) is 39.3 Å². The van der Waals surface area contributed by atoms with Crippen LogP contribution in [0.1, 0.15) is 11.1 Å². The number of aryl methyl sites for hydroxylation is 1. The molecular formula is C14H17FN4. The van der Waals surface area contributed by atoms with E-state index < -0.39 is 5.82 Å². The molecule has 0 fully saturated rings. The lowest BCUT2D eigenvalue weighted by molar-refractivity contribution is 0.632. The zero-order valence-corrected chi connectivity index (χ0v) is 10.9. The first kappa shape index (κ1) is 13.0. The molecule has 2 aromatic rings. The number of hydrogen-bond acceptors (Lipinski definition) is 4. The van der Waals surface area contributed by atoms with E-state index in [2.05, 4.69) is 0 Å². The fourth-order valence-electron chi connectivity index (χ4n) is 2.02. The molecule has 0 saturated heterocycles. The quantitative estimate of drug-likeness (QED) is 0.591. The first-order valence-corrected chi connectivity index (χ1v) is 5.83. The van der Waals surface area contributed by atoms with E-state index in [0.717, 1.165) is 0 Å². The molecule has 8 N–H and O–H groups in total. The fraction of sp³-hybridized carbons (Fsp3) is 0.143. The highest BCUT2D eigenvalue weighted by atomic mass is 19.1. The summed E-state index contributed by atoms with van der Waals surface area (Å²) in [5, 5.41) is 0. The fourth-order valence-corrected chi connectivity index (χ4v) is 2.02. The van der Waals surface area contributed by atoms with Crippen LogP contribution in [0.2, 0.25) is 0 Å². The minimum atomic E-state index is -0.470. The molecule has 0 radical (unpaired) electrons. The maximum atomic E-state index is 13.7. The number of nitrogens with two attached hydrogens (primary N) is 4. The summed E-state index contributed by atoms with van der Waals surface area (Å²) in [6.07, 6.45) is 0. The minimum absolute atomic E-state index is 0.141. The van der Waals surface area contributed by atoms with Gasteiger partial charge in [-0.1, -0.05) is 0 Å². The largest absolute Gasteiger partial charge is 0.398 e. The van der Waals surface area contributed by atoms with Gasteiger partial charge in [0.25, 0.3) is 0 Å². The van der Waals surface area contributed by atoms with E-state index in [1.807, 2.05) is 0 Å². The zero-order valence-electron chi connectivity index (χ0n) is 10.9. The summed E-state index contributed by atoms with van der Waals surface area (Å²) >= 11 is 0. The molecule has 0 aromatic heterocycles. The van der Waals surface area contributed by atoms with E-state index >= 15 is 0 Å². The molecule has 0 heterocycles. The molecule has 0 amide bonds. The summed E-state index contributed by atoms with van der Waals surface area (Å²) in [5.74, 6) is -0.470. The van der Waals surface area contributed by atoms with Crippen molar-refractivity contribution in [2.45, 2.75) is 13.8 Å². The highest BCUT2D eigenvalue weighted by Crippen LogP contribution is 2.37. The number of halogens is 1. The van der Waals surface area contributed by atoms with Crippen LogP contribution < -0.4 is 22.9 Å². The van der Waals surface area contributed by atoms with Gasteiger partial charge in [0.05, 0.1) is 17.1 Å². The van der Waals surface area contributed by atoms with Crippen molar-refractivity contribution in [3.63, 3.8) is 0 Å². The van der Waals surface area contributed by atoms with Gasteiger partial charge < -0.3 is 22.9 Å². The van der Waals surface area contributed by atoms with Crippen molar-refractivity contribution >= 4 is 22.7 Å². The van der Waals surface area contributed by atoms with Crippen molar-refractivity contribution in [2.24, 2.45) is 0 Å². The molecule has 2 aromatic carbocycles. The molecule has 4 nitrogen and oxygen atoms in total. The maximum absolute atomic E-state index is 13.7. The van der Waals surface area contributed by atoms with E-state index in [1.165, 1.54) is 6.07 Å². The van der Waals surface area contributed by atoms with Gasteiger partial charge in [-0.2, -0.15) is 0 Å². The summed E-state index contributed by atoms with van der Waals surface area (Å²) in [6.45, 7) is 3.52. The van der Waals surface area contributed by atoms with Gasteiger partial charge in [-0.25, -0.2) is 4.39 Å². The van der Waals surface area contributed by atoms with Crippen molar-refractivity contribution in [2.75, 3.05) is 22.9 Å². The Balaban J connectivity index is 2.73. The third-order valence-electron chi connectivity index (χ3n) is 3.36. The van der Waals surface area contributed by atoms with E-state index in [9.17, 15) is 4.39 Å². The molecular weight excluding hydrogens is 243 g/mol. The Morgan fingerprint density at radius 3 is 2.05 bits per heavy atom. The molecule has 0 aliphatic heterocycles. The third kappa shape index (κ3) is 2.03. The van der Waals surface area contributed by atoms with Crippen LogP contribution in [0.4, 0.5) is 27.1 Å². The Hall–Kier alpha value is -2.43. The lowest BCUT2D eigenvalue weighted by atomic mass is 9.96. The molecule has 0 bridgehead atoms. The number of anilines is 4. The third-order valence-corrected chi connectivity index (χ3v) is 3.36. The Morgan fingerprint density at radius 2 is 1.47 bits per heavy atom. The lowest BCUT2D eigenvalue weighted by Gasteiger charge is -2.15. The van der Waals surface area contributed by atoms with Crippen molar-refractivity contribution in [3.05, 3.63) is 35.1 Å². The van der Waals surface area contributed by atoms with Crippen LogP contribution in [-0.4, -0.2) is 0 Å². The predicted octanol–water partition coefficient (Wildman–Crippen LogP) is 2.44. The van der Waals surface area contributed by atoms with Gasteiger partial charge in [-0.15, -0.1) is 0 Å². The van der Waals surface area contributed by atoms with Gasteiger partial charge >= 0.3 is 0 Å². The molecule has 0 unspecified atom stereocenters. The Labute approximate surface area is 111 Å². The molecule has 5 heteroatoms. The van der Waals surface area contributed by atoms with Crippen LogP contribution in [0, 0.1) is 19.7 Å². The van der Waals surface area contributed by atoms with Gasteiger partial charge in [0.2, 0.25) is 0 Å². The Bertz CT molecular complexity index is 642. The van der Waals surface area contributed by atoms with Gasteiger partial charge in [-0.3, -0.25) is 0 Å². The van der Waals surface area contributed by atoms with Gasteiger partial charge in [0.1, 0.15) is 5.82 Å². The van der Waals surface area contributed by atoms with Gasteiger partial charge in [0, 0.05) is 11.3 Å². The topological polar surface area (TPSA) is 104 Å². The van der Waals surface area contributed by atoms with E-state index in [1.54, 1.807) is 26.0 Å². The second-order valence-corrected chi connectivity index (χ2v) is 4.65. The molecule has 100 valence electrons. The van der Waals surface area contributed by atoms with Crippen LogP contribution in [0.3, 0.4) is 0 Å². The second kappa shape index (κ2) is 4.35. The number of benzene rings is 2. The highest BCUT2D eigenvalue weighted by molar-refractivity contribution is 5.88. The number of rotatable bonds is 1. The monoisotopic (exact) mass is 260 g/mol. The van der Waals surface area contributed by atoms with Crippen LogP contribution >= 0.6 is 0 Å². The van der Waals surface area contributed by atoms with Gasteiger partial charge in [0.15, 0.2) is 0 Å². The maximum Gasteiger partial charge on any atom is 0.146 e. The normalized spacial score (nSPS) is 10.7. The molecule has 0 saturated carbocycles. The zero-order chi connectivity index (χ0) is 14.3. The summed E-state index contributed by atoms with van der Waals surface area (Å²) in [7, 11) is 0. The van der Waals surface area contributed by atoms with Crippen LogP contribution in [0.5, 0.6) is 0 Å². The lowest BCUT2D eigenvalue weighted by Crippen LogP contribution is -2.04. The Kier molecular flexibility index (Phi) is 2.98. The van der Waals surface area contributed by atoms with E-state index in [-0.39, 0.29) is 5.69 Å². The van der Waals surface area contributed by atoms with Crippen molar-refractivity contribution < 1.29 is 4.39 Å². The smallest absolute Gasteiger partial charge is 0.146 e.